The van der Waals surface area contributed by atoms with Gasteiger partial charge in [-0.15, -0.1) is 0 Å². The van der Waals surface area contributed by atoms with Gasteiger partial charge < -0.3 is 10.5 Å². The topological polar surface area (TPSA) is 35.2 Å². The van der Waals surface area contributed by atoms with Crippen LogP contribution in [-0.2, 0) is 11.3 Å². The van der Waals surface area contributed by atoms with E-state index < -0.39 is 0 Å². The average Bonchev–Trinajstić information content (AvgIpc) is 2.71. The van der Waals surface area contributed by atoms with Crippen LogP contribution >= 0.6 is 0 Å². The first-order valence-electron chi connectivity index (χ1n) is 7.29. The van der Waals surface area contributed by atoms with E-state index in [4.69, 9.17) is 10.5 Å². The lowest BCUT2D eigenvalue weighted by atomic mass is 9.80. The van der Waals surface area contributed by atoms with Crippen LogP contribution in [0.5, 0.6) is 0 Å². The van der Waals surface area contributed by atoms with E-state index in [2.05, 4.69) is 24.3 Å². The van der Waals surface area contributed by atoms with Crippen molar-refractivity contribution >= 4 is 0 Å². The molecule has 2 heteroatoms. The molecule has 0 aromatic heterocycles. The summed E-state index contributed by atoms with van der Waals surface area (Å²) < 4.78 is 5.96. The maximum Gasteiger partial charge on any atom is 0.0730 e. The smallest absolute Gasteiger partial charge is 0.0730 e. The fraction of sp³-hybridized carbons (Fsp3) is 0.625. The molecule has 2 N–H and O–H groups in total. The predicted molar refractivity (Wildman–Crippen MR) is 73.4 cm³/mol. The van der Waals surface area contributed by atoms with E-state index in [1.807, 2.05) is 0 Å². The summed E-state index contributed by atoms with van der Waals surface area (Å²) in [5.74, 6) is 0.804. The number of hydrogen-bond acceptors (Lipinski definition) is 2. The first kappa shape index (κ1) is 12.2. The van der Waals surface area contributed by atoms with Crippen molar-refractivity contribution in [1.82, 2.24) is 0 Å². The number of nitrogens with two attached hydrogens (primary N) is 1. The SMILES string of the molecule is N[C@H]1CCC[C@@H]1OCc1cccc(C2CCC2)c1. The molecule has 2 fully saturated rings. The molecule has 2 saturated carbocycles. The molecule has 0 heterocycles. The minimum atomic E-state index is 0.250. The quantitative estimate of drug-likeness (QED) is 0.883. The summed E-state index contributed by atoms with van der Waals surface area (Å²) in [6.45, 7) is 0.721. The third kappa shape index (κ3) is 2.60. The molecular weight excluding hydrogens is 222 g/mol. The Labute approximate surface area is 110 Å². The Hall–Kier alpha value is -0.860. The highest BCUT2D eigenvalue weighted by atomic mass is 16.5. The molecule has 0 bridgehead atoms. The summed E-state index contributed by atoms with van der Waals surface area (Å²) in [6, 6.07) is 9.17. The molecule has 2 nitrogen and oxygen atoms in total. The van der Waals surface area contributed by atoms with Crippen LogP contribution in [0.15, 0.2) is 24.3 Å². The first-order valence-corrected chi connectivity index (χ1v) is 7.29. The average molecular weight is 245 g/mol. The van der Waals surface area contributed by atoms with Gasteiger partial charge in [0.25, 0.3) is 0 Å². The molecule has 0 unspecified atom stereocenters. The Balaban J connectivity index is 1.58. The predicted octanol–water partition coefficient (Wildman–Crippen LogP) is 3.35. The van der Waals surface area contributed by atoms with Crippen LogP contribution in [-0.4, -0.2) is 12.1 Å². The number of rotatable bonds is 4. The van der Waals surface area contributed by atoms with Crippen LogP contribution in [0.25, 0.3) is 0 Å². The highest BCUT2D eigenvalue weighted by Gasteiger charge is 2.24. The molecule has 0 aliphatic heterocycles. The number of benzene rings is 1. The van der Waals surface area contributed by atoms with Crippen LogP contribution in [0.4, 0.5) is 0 Å². The second-order valence-electron chi connectivity index (χ2n) is 5.82. The fourth-order valence-electron chi connectivity index (χ4n) is 3.04. The van der Waals surface area contributed by atoms with Gasteiger partial charge in [0.15, 0.2) is 0 Å². The van der Waals surface area contributed by atoms with Crippen LogP contribution in [0.3, 0.4) is 0 Å². The highest BCUT2D eigenvalue weighted by molar-refractivity contribution is 5.27. The summed E-state index contributed by atoms with van der Waals surface area (Å²) >= 11 is 0. The molecule has 98 valence electrons. The van der Waals surface area contributed by atoms with Crippen molar-refractivity contribution in [2.45, 2.75) is 63.2 Å². The van der Waals surface area contributed by atoms with Gasteiger partial charge in [-0.1, -0.05) is 30.7 Å². The van der Waals surface area contributed by atoms with Gasteiger partial charge in [0.1, 0.15) is 0 Å². The normalized spacial score (nSPS) is 28.3. The van der Waals surface area contributed by atoms with E-state index in [0.29, 0.717) is 0 Å². The summed E-state index contributed by atoms with van der Waals surface area (Å²) in [5.41, 5.74) is 8.83. The molecule has 0 saturated heterocycles. The van der Waals surface area contributed by atoms with Crippen LogP contribution in [0, 0.1) is 0 Å². The Morgan fingerprint density at radius 2 is 1.94 bits per heavy atom. The Bertz CT molecular complexity index is 400. The second-order valence-corrected chi connectivity index (χ2v) is 5.82. The summed E-state index contributed by atoms with van der Waals surface area (Å²) in [4.78, 5) is 0. The molecule has 1 aromatic rings. The van der Waals surface area contributed by atoms with E-state index in [0.717, 1.165) is 25.4 Å². The molecule has 0 radical (unpaired) electrons. The zero-order valence-electron chi connectivity index (χ0n) is 11.0. The second kappa shape index (κ2) is 5.41. The maximum atomic E-state index is 6.03. The van der Waals surface area contributed by atoms with E-state index in [9.17, 15) is 0 Å². The third-order valence-electron chi connectivity index (χ3n) is 4.50. The van der Waals surface area contributed by atoms with Gasteiger partial charge in [0, 0.05) is 6.04 Å². The van der Waals surface area contributed by atoms with Gasteiger partial charge >= 0.3 is 0 Å². The molecule has 2 atom stereocenters. The van der Waals surface area contributed by atoms with E-state index in [1.54, 1.807) is 0 Å². The first-order chi connectivity index (χ1) is 8.83. The molecular formula is C16H23NO. The van der Waals surface area contributed by atoms with Gasteiger partial charge in [-0.25, -0.2) is 0 Å². The summed E-state index contributed by atoms with van der Waals surface area (Å²) in [7, 11) is 0. The van der Waals surface area contributed by atoms with E-state index in [1.165, 1.54) is 36.8 Å². The minimum Gasteiger partial charge on any atom is -0.372 e. The van der Waals surface area contributed by atoms with E-state index in [-0.39, 0.29) is 12.1 Å². The van der Waals surface area contributed by atoms with Crippen LogP contribution in [0.1, 0.15) is 55.6 Å². The minimum absolute atomic E-state index is 0.250. The van der Waals surface area contributed by atoms with Crippen molar-refractivity contribution in [2.75, 3.05) is 0 Å². The Morgan fingerprint density at radius 1 is 1.11 bits per heavy atom. The molecule has 0 amide bonds. The summed E-state index contributed by atoms with van der Waals surface area (Å²) in [5, 5.41) is 0. The van der Waals surface area contributed by atoms with Gasteiger partial charge in [-0.05, 0) is 49.1 Å². The van der Waals surface area contributed by atoms with Crippen molar-refractivity contribution in [2.24, 2.45) is 5.73 Å². The third-order valence-corrected chi connectivity index (χ3v) is 4.50. The lowest BCUT2D eigenvalue weighted by molar-refractivity contribution is 0.0357. The zero-order chi connectivity index (χ0) is 12.4. The van der Waals surface area contributed by atoms with Crippen LogP contribution in [0.2, 0.25) is 0 Å². The monoisotopic (exact) mass is 245 g/mol. The van der Waals surface area contributed by atoms with Gasteiger partial charge in [-0.3, -0.25) is 0 Å². The molecule has 3 rings (SSSR count). The van der Waals surface area contributed by atoms with Crippen LogP contribution < -0.4 is 5.73 Å². The Kier molecular flexibility index (Phi) is 3.67. The zero-order valence-corrected chi connectivity index (χ0v) is 11.0. The van der Waals surface area contributed by atoms with Crippen molar-refractivity contribution in [3.63, 3.8) is 0 Å². The lowest BCUT2D eigenvalue weighted by Crippen LogP contribution is -2.31. The summed E-state index contributed by atoms with van der Waals surface area (Å²) in [6.07, 6.45) is 7.85. The Morgan fingerprint density at radius 3 is 2.61 bits per heavy atom. The van der Waals surface area contributed by atoms with Crippen molar-refractivity contribution in [1.29, 1.82) is 0 Å². The number of hydrogen-bond donors (Lipinski definition) is 1. The molecule has 2 aliphatic carbocycles. The standard InChI is InChI=1S/C16H23NO/c17-15-8-3-9-16(15)18-11-12-4-1-7-14(10-12)13-5-2-6-13/h1,4,7,10,13,15-16H,2-3,5-6,8-9,11,17H2/t15-,16-/m0/s1. The van der Waals surface area contributed by atoms with Gasteiger partial charge in [0.05, 0.1) is 12.7 Å². The van der Waals surface area contributed by atoms with Gasteiger partial charge in [-0.2, -0.15) is 0 Å². The number of ether oxygens (including phenoxy) is 1. The van der Waals surface area contributed by atoms with E-state index >= 15 is 0 Å². The lowest BCUT2D eigenvalue weighted by Gasteiger charge is -2.26. The highest BCUT2D eigenvalue weighted by Crippen LogP contribution is 2.36. The van der Waals surface area contributed by atoms with Gasteiger partial charge in [0.2, 0.25) is 0 Å². The van der Waals surface area contributed by atoms with Crippen molar-refractivity contribution in [3.05, 3.63) is 35.4 Å². The molecule has 0 spiro atoms. The largest absolute Gasteiger partial charge is 0.372 e. The fourth-order valence-corrected chi connectivity index (χ4v) is 3.04. The molecule has 2 aliphatic rings. The molecule has 1 aromatic carbocycles. The maximum absolute atomic E-state index is 6.03. The molecule has 18 heavy (non-hydrogen) atoms. The van der Waals surface area contributed by atoms with Crippen molar-refractivity contribution in [3.8, 4) is 0 Å². The van der Waals surface area contributed by atoms with Crippen molar-refractivity contribution < 1.29 is 4.74 Å².